The number of nitrogens with one attached hydrogen (secondary N) is 2. The Labute approximate surface area is 119 Å². The minimum absolute atomic E-state index is 0.0689. The van der Waals surface area contributed by atoms with Crippen LogP contribution in [0.4, 0.5) is 0 Å². The number of aliphatic hydroxyl groups is 1. The maximum Gasteiger partial charge on any atom is 0.253 e. The molecule has 1 aromatic heterocycles. The summed E-state index contributed by atoms with van der Waals surface area (Å²) < 4.78 is 0. The van der Waals surface area contributed by atoms with Crippen LogP contribution in [-0.4, -0.2) is 29.1 Å². The summed E-state index contributed by atoms with van der Waals surface area (Å²) >= 11 is 0. The number of aryl methyl sites for hydroxylation is 1. The van der Waals surface area contributed by atoms with Crippen LogP contribution >= 0.6 is 0 Å². The highest BCUT2D eigenvalue weighted by atomic mass is 16.3. The van der Waals surface area contributed by atoms with Crippen molar-refractivity contribution in [3.05, 3.63) is 33.7 Å². The van der Waals surface area contributed by atoms with Crippen LogP contribution in [0.25, 0.3) is 0 Å². The van der Waals surface area contributed by atoms with Crippen LogP contribution in [0.5, 0.6) is 0 Å². The largest absolute Gasteiger partial charge is 0.396 e. The quantitative estimate of drug-likeness (QED) is 0.709. The Kier molecular flexibility index (Phi) is 5.95. The molecule has 0 saturated carbocycles. The van der Waals surface area contributed by atoms with Crippen molar-refractivity contribution in [2.75, 3.05) is 13.2 Å². The van der Waals surface area contributed by atoms with E-state index in [1.807, 2.05) is 0 Å². The van der Waals surface area contributed by atoms with Crippen molar-refractivity contribution in [1.82, 2.24) is 10.3 Å². The summed E-state index contributed by atoms with van der Waals surface area (Å²) in [5.74, 6) is -0.192. The Morgan fingerprint density at radius 1 is 1.40 bits per heavy atom. The minimum atomic E-state index is -0.212. The van der Waals surface area contributed by atoms with Gasteiger partial charge >= 0.3 is 0 Å². The summed E-state index contributed by atoms with van der Waals surface area (Å²) in [4.78, 5) is 25.8. The Hall–Kier alpha value is -1.62. The highest BCUT2D eigenvalue weighted by Crippen LogP contribution is 2.29. The monoisotopic (exact) mass is 280 g/mol. The van der Waals surface area contributed by atoms with E-state index in [0.29, 0.717) is 24.1 Å². The lowest BCUT2D eigenvalue weighted by atomic mass is 9.79. The van der Waals surface area contributed by atoms with Crippen molar-refractivity contribution >= 4 is 5.91 Å². The molecule has 5 nitrogen and oxygen atoms in total. The molecule has 20 heavy (non-hydrogen) atoms. The van der Waals surface area contributed by atoms with Crippen LogP contribution in [0, 0.1) is 12.3 Å². The van der Waals surface area contributed by atoms with Gasteiger partial charge in [0.15, 0.2) is 0 Å². The molecule has 1 amide bonds. The number of aromatic nitrogens is 1. The Morgan fingerprint density at radius 3 is 2.55 bits per heavy atom. The van der Waals surface area contributed by atoms with E-state index in [9.17, 15) is 9.59 Å². The molecule has 0 aliphatic carbocycles. The van der Waals surface area contributed by atoms with Crippen molar-refractivity contribution in [2.24, 2.45) is 5.41 Å². The summed E-state index contributed by atoms with van der Waals surface area (Å²) in [6.45, 7) is 6.52. The Morgan fingerprint density at radius 2 is 2.05 bits per heavy atom. The first-order chi connectivity index (χ1) is 9.48. The second kappa shape index (κ2) is 7.24. The molecule has 112 valence electrons. The van der Waals surface area contributed by atoms with Crippen molar-refractivity contribution in [1.29, 1.82) is 0 Å². The lowest BCUT2D eigenvalue weighted by Crippen LogP contribution is -2.38. The maximum absolute atomic E-state index is 12.2. The smallest absolute Gasteiger partial charge is 0.253 e. The first-order valence-corrected chi connectivity index (χ1v) is 7.06. The first kappa shape index (κ1) is 16.4. The van der Waals surface area contributed by atoms with E-state index in [2.05, 4.69) is 24.1 Å². The van der Waals surface area contributed by atoms with E-state index < -0.39 is 0 Å². The number of carbonyl (C=O) groups excluding carboxylic acids is 1. The number of aliphatic hydroxyl groups excluding tert-OH is 1. The zero-order valence-electron chi connectivity index (χ0n) is 12.5. The third kappa shape index (κ3) is 3.93. The molecule has 0 aliphatic rings. The fourth-order valence-electron chi connectivity index (χ4n) is 2.36. The topological polar surface area (TPSA) is 82.2 Å². The third-order valence-electron chi connectivity index (χ3n) is 4.14. The van der Waals surface area contributed by atoms with E-state index in [4.69, 9.17) is 5.11 Å². The molecule has 1 aromatic rings. The zero-order chi connectivity index (χ0) is 15.2. The van der Waals surface area contributed by atoms with Gasteiger partial charge in [0.25, 0.3) is 5.91 Å². The summed E-state index contributed by atoms with van der Waals surface area (Å²) in [6, 6.07) is 1.41. The number of carbonyl (C=O) groups is 1. The highest BCUT2D eigenvalue weighted by molar-refractivity contribution is 5.95. The van der Waals surface area contributed by atoms with Crippen LogP contribution < -0.4 is 10.9 Å². The first-order valence-electron chi connectivity index (χ1n) is 7.06. The number of H-pyrrole nitrogens is 1. The lowest BCUT2D eigenvalue weighted by molar-refractivity contribution is 0.0906. The second-order valence-corrected chi connectivity index (χ2v) is 5.26. The summed E-state index contributed by atoms with van der Waals surface area (Å²) in [7, 11) is 0. The van der Waals surface area contributed by atoms with E-state index in [0.717, 1.165) is 12.8 Å². The molecule has 5 heteroatoms. The molecule has 0 bridgehead atoms. The minimum Gasteiger partial charge on any atom is -0.396 e. The van der Waals surface area contributed by atoms with Crippen LogP contribution in [0.3, 0.4) is 0 Å². The molecule has 0 unspecified atom stereocenters. The van der Waals surface area contributed by atoms with Gasteiger partial charge in [-0.1, -0.05) is 13.8 Å². The van der Waals surface area contributed by atoms with Crippen LogP contribution in [0.1, 0.15) is 49.0 Å². The number of hydrogen-bond donors (Lipinski definition) is 3. The van der Waals surface area contributed by atoms with E-state index in [-0.39, 0.29) is 23.5 Å². The van der Waals surface area contributed by atoms with Gasteiger partial charge in [-0.05, 0) is 37.2 Å². The summed E-state index contributed by atoms with van der Waals surface area (Å²) in [5.41, 5.74) is 0.859. The fraction of sp³-hybridized carbons (Fsp3) is 0.600. The summed E-state index contributed by atoms with van der Waals surface area (Å²) in [5, 5.41) is 12.1. The number of aromatic amines is 1. The van der Waals surface area contributed by atoms with E-state index in [1.165, 1.54) is 12.3 Å². The fourth-order valence-corrected chi connectivity index (χ4v) is 2.36. The van der Waals surface area contributed by atoms with Crippen LogP contribution in [0.2, 0.25) is 0 Å². The molecule has 0 fully saturated rings. The van der Waals surface area contributed by atoms with Gasteiger partial charge in [-0.25, -0.2) is 0 Å². The molecule has 1 heterocycles. The maximum atomic E-state index is 12.2. The molecule has 0 radical (unpaired) electrons. The normalized spacial score (nSPS) is 11.4. The predicted octanol–water partition coefficient (Wildman–Crippen LogP) is 1.60. The van der Waals surface area contributed by atoms with Crippen LogP contribution in [-0.2, 0) is 0 Å². The molecular weight excluding hydrogens is 256 g/mol. The highest BCUT2D eigenvalue weighted by Gasteiger charge is 2.26. The van der Waals surface area contributed by atoms with Gasteiger partial charge in [-0.2, -0.15) is 0 Å². The molecule has 1 rings (SSSR count). The number of hydrogen-bond acceptors (Lipinski definition) is 3. The number of pyridine rings is 1. The lowest BCUT2D eigenvalue weighted by Gasteiger charge is -2.31. The molecule has 0 atom stereocenters. The average molecular weight is 280 g/mol. The van der Waals surface area contributed by atoms with Gasteiger partial charge in [0, 0.05) is 25.4 Å². The van der Waals surface area contributed by atoms with Crippen molar-refractivity contribution in [2.45, 2.75) is 40.0 Å². The molecule has 3 N–H and O–H groups in total. The number of rotatable bonds is 7. The van der Waals surface area contributed by atoms with Gasteiger partial charge in [0.2, 0.25) is 5.56 Å². The van der Waals surface area contributed by atoms with Crippen molar-refractivity contribution in [3.63, 3.8) is 0 Å². The molecule has 0 aliphatic heterocycles. The molecular formula is C15H24N2O3. The van der Waals surface area contributed by atoms with Gasteiger partial charge in [0.1, 0.15) is 0 Å². The predicted molar refractivity (Wildman–Crippen MR) is 78.9 cm³/mol. The average Bonchev–Trinajstić information content (AvgIpc) is 2.43. The third-order valence-corrected chi connectivity index (χ3v) is 4.14. The molecule has 0 spiro atoms. The SMILES string of the molecule is CCC(CC)(CCO)CNC(=O)c1c[nH]c(=O)cc1C. The van der Waals surface area contributed by atoms with Crippen LogP contribution in [0.15, 0.2) is 17.1 Å². The van der Waals surface area contributed by atoms with Gasteiger partial charge in [-0.15, -0.1) is 0 Å². The van der Waals surface area contributed by atoms with Crippen molar-refractivity contribution in [3.8, 4) is 0 Å². The summed E-state index contributed by atoms with van der Waals surface area (Å²) in [6.07, 6.45) is 3.91. The molecule has 0 saturated heterocycles. The molecule has 0 aromatic carbocycles. The zero-order valence-corrected chi connectivity index (χ0v) is 12.5. The standard InChI is InChI=1S/C15H24N2O3/c1-4-15(5-2,6-7-18)10-17-14(20)12-9-16-13(19)8-11(12)3/h8-9,18H,4-7,10H2,1-3H3,(H,16,19)(H,17,20). The van der Waals surface area contributed by atoms with Crippen molar-refractivity contribution < 1.29 is 9.90 Å². The van der Waals surface area contributed by atoms with Gasteiger partial charge in [-0.3, -0.25) is 9.59 Å². The Bertz CT molecular complexity index is 504. The van der Waals surface area contributed by atoms with Gasteiger partial charge < -0.3 is 15.4 Å². The Balaban J connectivity index is 2.77. The number of amides is 1. The van der Waals surface area contributed by atoms with E-state index >= 15 is 0 Å². The second-order valence-electron chi connectivity index (χ2n) is 5.26. The van der Waals surface area contributed by atoms with E-state index in [1.54, 1.807) is 6.92 Å². The van der Waals surface area contributed by atoms with Gasteiger partial charge in [0.05, 0.1) is 5.56 Å².